The Kier molecular flexibility index (Phi) is 7.22. The van der Waals surface area contributed by atoms with Gasteiger partial charge in [0.25, 0.3) is 0 Å². The number of nitriles is 1. The van der Waals surface area contributed by atoms with Crippen LogP contribution in [0, 0.1) is 23.1 Å². The van der Waals surface area contributed by atoms with Gasteiger partial charge in [-0.25, -0.2) is 9.37 Å². The summed E-state index contributed by atoms with van der Waals surface area (Å²) in [5, 5.41) is 10.2. The zero-order chi connectivity index (χ0) is 22.4. The quantitative estimate of drug-likeness (QED) is 0.410. The molecule has 0 radical (unpaired) electrons. The first-order valence-corrected chi connectivity index (χ1v) is 10.0. The Morgan fingerprint density at radius 2 is 1.74 bits per heavy atom. The molecule has 2 unspecified atom stereocenters. The summed E-state index contributed by atoms with van der Waals surface area (Å²) in [7, 11) is 0. The summed E-state index contributed by atoms with van der Waals surface area (Å²) in [5.41, 5.74) is 0.983. The molecule has 0 spiro atoms. The number of hydrogen-bond acceptors (Lipinski definition) is 5. The van der Waals surface area contributed by atoms with E-state index in [2.05, 4.69) is 4.98 Å². The first-order valence-electron chi connectivity index (χ1n) is 9.63. The zero-order valence-corrected chi connectivity index (χ0v) is 17.7. The van der Waals surface area contributed by atoms with E-state index >= 15 is 0 Å². The van der Waals surface area contributed by atoms with Crippen molar-refractivity contribution in [1.82, 2.24) is 4.98 Å². The zero-order valence-electron chi connectivity index (χ0n) is 17.0. The molecule has 1 aromatic heterocycles. The van der Waals surface area contributed by atoms with E-state index in [0.717, 1.165) is 5.56 Å². The molecule has 3 rings (SSSR count). The van der Waals surface area contributed by atoms with E-state index in [1.165, 1.54) is 24.3 Å². The van der Waals surface area contributed by atoms with Gasteiger partial charge in [0.15, 0.2) is 0 Å². The van der Waals surface area contributed by atoms with E-state index in [1.807, 2.05) is 19.9 Å². The number of nitrogens with zero attached hydrogens (tertiary/aromatic N) is 2. The van der Waals surface area contributed by atoms with Gasteiger partial charge in [-0.05, 0) is 53.9 Å². The molecular formula is C24H20ClFN2O3. The van der Waals surface area contributed by atoms with Crippen molar-refractivity contribution < 1.29 is 18.7 Å². The summed E-state index contributed by atoms with van der Waals surface area (Å²) in [6, 6.07) is 19.2. The molecule has 0 N–H and O–H groups in total. The third-order valence-corrected chi connectivity index (χ3v) is 4.80. The molecule has 0 saturated carbocycles. The van der Waals surface area contributed by atoms with Gasteiger partial charge >= 0.3 is 5.97 Å². The molecule has 0 aliphatic heterocycles. The summed E-state index contributed by atoms with van der Waals surface area (Å²) < 4.78 is 24.2. The second-order valence-corrected chi connectivity index (χ2v) is 7.61. The average molecular weight is 439 g/mol. The highest BCUT2D eigenvalue weighted by atomic mass is 35.5. The lowest BCUT2D eigenvalue weighted by atomic mass is 9.88. The first kappa shape index (κ1) is 22.3. The van der Waals surface area contributed by atoms with Crippen molar-refractivity contribution >= 4 is 17.6 Å². The third-order valence-electron chi connectivity index (χ3n) is 4.55. The van der Waals surface area contributed by atoms with Crippen molar-refractivity contribution in [2.45, 2.75) is 25.9 Å². The van der Waals surface area contributed by atoms with Crippen molar-refractivity contribution in [1.29, 1.82) is 5.26 Å². The van der Waals surface area contributed by atoms with Crippen LogP contribution in [0.4, 0.5) is 4.39 Å². The van der Waals surface area contributed by atoms with Crippen molar-refractivity contribution in [2.24, 2.45) is 5.92 Å². The Bertz CT molecular complexity index is 1080. The number of ether oxygens (including phenoxy) is 2. The van der Waals surface area contributed by atoms with Crippen LogP contribution in [0.5, 0.6) is 11.6 Å². The second kappa shape index (κ2) is 10.1. The number of benzene rings is 2. The Morgan fingerprint density at radius 1 is 1.06 bits per heavy atom. The van der Waals surface area contributed by atoms with Gasteiger partial charge in [0.2, 0.25) is 12.0 Å². The SMILES string of the molecule is CC(C)C(C(=O)OC(C#N)c1cccc(Oc2ccc(F)cc2)n1)c1ccc(Cl)cc1. The standard InChI is InChI=1S/C24H20ClFN2O3/c1-15(2)23(16-6-8-17(25)9-7-16)24(29)31-21(14-27)20-4-3-5-22(28-20)30-19-12-10-18(26)11-13-19/h3-13,15,21,23H,1-2H3. The molecule has 0 fully saturated rings. The van der Waals surface area contributed by atoms with Crippen LogP contribution in [0.3, 0.4) is 0 Å². The Morgan fingerprint density at radius 3 is 2.35 bits per heavy atom. The second-order valence-electron chi connectivity index (χ2n) is 7.18. The van der Waals surface area contributed by atoms with Crippen LogP contribution in [-0.4, -0.2) is 11.0 Å². The van der Waals surface area contributed by atoms with Crippen LogP contribution in [0.15, 0.2) is 66.7 Å². The van der Waals surface area contributed by atoms with Gasteiger partial charge in [-0.2, -0.15) is 5.26 Å². The van der Waals surface area contributed by atoms with Crippen LogP contribution in [0.1, 0.15) is 37.1 Å². The number of pyridine rings is 1. The molecule has 1 heterocycles. The highest BCUT2D eigenvalue weighted by Crippen LogP contribution is 2.30. The van der Waals surface area contributed by atoms with E-state index in [9.17, 15) is 14.4 Å². The average Bonchev–Trinajstić information content (AvgIpc) is 2.75. The lowest BCUT2D eigenvalue weighted by molar-refractivity contribution is -0.150. The predicted octanol–water partition coefficient (Wildman–Crippen LogP) is 6.21. The molecule has 5 nitrogen and oxygen atoms in total. The summed E-state index contributed by atoms with van der Waals surface area (Å²) in [4.78, 5) is 17.2. The highest BCUT2D eigenvalue weighted by molar-refractivity contribution is 6.30. The molecule has 0 amide bonds. The largest absolute Gasteiger partial charge is 0.440 e. The number of carbonyl (C=O) groups excluding carboxylic acids is 1. The van der Waals surface area contributed by atoms with Gasteiger partial charge in [-0.1, -0.05) is 43.6 Å². The van der Waals surface area contributed by atoms with Crippen molar-refractivity contribution in [3.8, 4) is 17.7 Å². The summed E-state index contributed by atoms with van der Waals surface area (Å²) in [5.74, 6) is -0.958. The third kappa shape index (κ3) is 5.80. The van der Waals surface area contributed by atoms with E-state index in [4.69, 9.17) is 21.1 Å². The molecule has 7 heteroatoms. The topological polar surface area (TPSA) is 72.2 Å². The minimum atomic E-state index is -1.21. The number of aromatic nitrogens is 1. The summed E-state index contributed by atoms with van der Waals surface area (Å²) in [6.45, 7) is 3.80. The number of esters is 1. The van der Waals surface area contributed by atoms with E-state index in [0.29, 0.717) is 10.8 Å². The van der Waals surface area contributed by atoms with Crippen LogP contribution in [0.25, 0.3) is 0 Å². The summed E-state index contributed by atoms with van der Waals surface area (Å²) in [6.07, 6.45) is -1.21. The lowest BCUT2D eigenvalue weighted by Gasteiger charge is -2.21. The Labute approximate surface area is 185 Å². The van der Waals surface area contributed by atoms with Gasteiger partial charge < -0.3 is 9.47 Å². The van der Waals surface area contributed by atoms with Crippen molar-refractivity contribution in [3.05, 3.63) is 88.8 Å². The number of halogens is 2. The van der Waals surface area contributed by atoms with E-state index < -0.39 is 18.0 Å². The molecule has 3 aromatic rings. The maximum atomic E-state index is 13.1. The van der Waals surface area contributed by atoms with Crippen LogP contribution in [-0.2, 0) is 9.53 Å². The molecular weight excluding hydrogens is 419 g/mol. The van der Waals surface area contributed by atoms with Crippen molar-refractivity contribution in [3.63, 3.8) is 0 Å². The van der Waals surface area contributed by atoms with E-state index in [-0.39, 0.29) is 23.3 Å². The molecule has 0 saturated heterocycles. The van der Waals surface area contributed by atoms with Gasteiger partial charge in [-0.15, -0.1) is 0 Å². The fraction of sp³-hybridized carbons (Fsp3) is 0.208. The molecule has 0 aliphatic rings. The van der Waals surface area contributed by atoms with Gasteiger partial charge in [0.1, 0.15) is 17.6 Å². The maximum absolute atomic E-state index is 13.1. The molecule has 31 heavy (non-hydrogen) atoms. The normalized spacial score (nSPS) is 12.6. The fourth-order valence-electron chi connectivity index (χ4n) is 3.06. The Balaban J connectivity index is 1.78. The van der Waals surface area contributed by atoms with Gasteiger partial charge in [-0.3, -0.25) is 4.79 Å². The lowest BCUT2D eigenvalue weighted by Crippen LogP contribution is -2.23. The van der Waals surface area contributed by atoms with E-state index in [1.54, 1.807) is 42.5 Å². The number of hydrogen-bond donors (Lipinski definition) is 0. The predicted molar refractivity (Wildman–Crippen MR) is 114 cm³/mol. The monoisotopic (exact) mass is 438 g/mol. The minimum absolute atomic E-state index is 0.0610. The maximum Gasteiger partial charge on any atom is 0.315 e. The molecule has 158 valence electrons. The molecule has 0 aliphatic carbocycles. The molecule has 0 bridgehead atoms. The number of carbonyl (C=O) groups is 1. The molecule has 2 atom stereocenters. The Hall–Kier alpha value is -3.43. The molecule has 2 aromatic carbocycles. The fourth-order valence-corrected chi connectivity index (χ4v) is 3.19. The van der Waals surface area contributed by atoms with Crippen molar-refractivity contribution in [2.75, 3.05) is 0 Å². The number of rotatable bonds is 7. The van der Waals surface area contributed by atoms with Gasteiger partial charge in [0.05, 0.1) is 11.6 Å². The highest BCUT2D eigenvalue weighted by Gasteiger charge is 2.29. The van der Waals surface area contributed by atoms with Crippen LogP contribution >= 0.6 is 11.6 Å². The minimum Gasteiger partial charge on any atom is -0.440 e. The van der Waals surface area contributed by atoms with Crippen LogP contribution in [0.2, 0.25) is 5.02 Å². The van der Waals surface area contributed by atoms with Gasteiger partial charge in [0, 0.05) is 11.1 Å². The summed E-state index contributed by atoms with van der Waals surface area (Å²) >= 11 is 5.94. The smallest absolute Gasteiger partial charge is 0.315 e. The first-order chi connectivity index (χ1) is 14.9. The van der Waals surface area contributed by atoms with Crippen LogP contribution < -0.4 is 4.74 Å².